The molecule has 0 spiro atoms. The quantitative estimate of drug-likeness (QED) is 0.602. The molecule has 18 heavy (non-hydrogen) atoms. The lowest BCUT2D eigenvalue weighted by Gasteiger charge is -2.09. The predicted molar refractivity (Wildman–Crippen MR) is 77.9 cm³/mol. The SMILES string of the molecule is C1=CC=C2C3=C(CCC=C3)c3cccc(c32)C=C1. The maximum Gasteiger partial charge on any atom is -0.00297 e. The molecule has 1 aromatic carbocycles. The molecule has 3 aliphatic carbocycles. The van der Waals surface area contributed by atoms with Crippen LogP contribution in [0, 0.1) is 0 Å². The minimum absolute atomic E-state index is 1.17. The topological polar surface area (TPSA) is 0 Å². The van der Waals surface area contributed by atoms with Crippen molar-refractivity contribution in [3.63, 3.8) is 0 Å². The third-order valence-electron chi connectivity index (χ3n) is 3.91. The molecule has 0 unspecified atom stereocenters. The number of hydrogen-bond acceptors (Lipinski definition) is 0. The molecule has 0 heterocycles. The van der Waals surface area contributed by atoms with Gasteiger partial charge in [0.2, 0.25) is 0 Å². The van der Waals surface area contributed by atoms with Crippen LogP contribution in [-0.2, 0) is 0 Å². The molecule has 0 aromatic heterocycles. The van der Waals surface area contributed by atoms with E-state index in [4.69, 9.17) is 0 Å². The Kier molecular flexibility index (Phi) is 2.04. The lowest BCUT2D eigenvalue weighted by molar-refractivity contribution is 1.05. The lowest BCUT2D eigenvalue weighted by atomic mass is 9.95. The molecule has 0 amide bonds. The molecule has 0 heteroatoms. The maximum atomic E-state index is 2.30. The van der Waals surface area contributed by atoms with Crippen molar-refractivity contribution in [1.82, 2.24) is 0 Å². The zero-order valence-electron chi connectivity index (χ0n) is 10.2. The Morgan fingerprint density at radius 3 is 2.94 bits per heavy atom. The molecule has 0 saturated heterocycles. The summed E-state index contributed by atoms with van der Waals surface area (Å²) in [5, 5.41) is 0. The van der Waals surface area contributed by atoms with Crippen LogP contribution in [0.15, 0.2) is 60.2 Å². The van der Waals surface area contributed by atoms with Crippen LogP contribution >= 0.6 is 0 Å². The van der Waals surface area contributed by atoms with Crippen LogP contribution in [0.25, 0.3) is 17.2 Å². The van der Waals surface area contributed by atoms with E-state index in [0.29, 0.717) is 0 Å². The summed E-state index contributed by atoms with van der Waals surface area (Å²) in [6.45, 7) is 0. The van der Waals surface area contributed by atoms with Crippen LogP contribution in [-0.4, -0.2) is 0 Å². The molecule has 3 aliphatic rings. The van der Waals surface area contributed by atoms with Gasteiger partial charge in [0.1, 0.15) is 0 Å². The van der Waals surface area contributed by atoms with Crippen LogP contribution in [0.3, 0.4) is 0 Å². The van der Waals surface area contributed by atoms with E-state index in [2.05, 4.69) is 60.7 Å². The van der Waals surface area contributed by atoms with Crippen LogP contribution in [0.1, 0.15) is 29.5 Å². The largest absolute Gasteiger partial charge is 0.0836 e. The van der Waals surface area contributed by atoms with E-state index < -0.39 is 0 Å². The Morgan fingerprint density at radius 2 is 1.94 bits per heavy atom. The molecule has 4 rings (SSSR count). The monoisotopic (exact) mass is 230 g/mol. The molecular weight excluding hydrogens is 216 g/mol. The molecule has 86 valence electrons. The van der Waals surface area contributed by atoms with Gasteiger partial charge in [0.05, 0.1) is 0 Å². The van der Waals surface area contributed by atoms with Crippen LogP contribution in [0.4, 0.5) is 0 Å². The highest BCUT2D eigenvalue weighted by molar-refractivity contribution is 6.05. The van der Waals surface area contributed by atoms with Crippen LogP contribution in [0.2, 0.25) is 0 Å². The fraction of sp³-hybridized carbons (Fsp3) is 0.111. The number of hydrogen-bond donors (Lipinski definition) is 0. The Bertz CT molecular complexity index is 676. The first-order valence-corrected chi connectivity index (χ1v) is 6.54. The molecule has 0 atom stereocenters. The summed E-state index contributed by atoms with van der Waals surface area (Å²) in [5.74, 6) is 0. The molecule has 1 aromatic rings. The summed E-state index contributed by atoms with van der Waals surface area (Å²) >= 11 is 0. The molecule has 0 saturated carbocycles. The first kappa shape index (κ1) is 9.90. The van der Waals surface area contributed by atoms with Crippen LogP contribution < -0.4 is 0 Å². The first-order valence-electron chi connectivity index (χ1n) is 6.54. The minimum atomic E-state index is 1.17. The Hall–Kier alpha value is -2.08. The maximum absolute atomic E-state index is 2.30. The van der Waals surface area contributed by atoms with E-state index in [9.17, 15) is 0 Å². The Balaban J connectivity index is 2.08. The van der Waals surface area contributed by atoms with E-state index in [-0.39, 0.29) is 0 Å². The van der Waals surface area contributed by atoms with E-state index in [1.165, 1.54) is 46.3 Å². The summed E-state index contributed by atoms with van der Waals surface area (Å²) < 4.78 is 0. The van der Waals surface area contributed by atoms with Crippen molar-refractivity contribution in [2.24, 2.45) is 0 Å². The first-order chi connectivity index (χ1) is 8.95. The van der Waals surface area contributed by atoms with Crippen molar-refractivity contribution in [3.8, 4) is 0 Å². The van der Waals surface area contributed by atoms with Crippen LogP contribution in [0.5, 0.6) is 0 Å². The molecular formula is C18H14. The van der Waals surface area contributed by atoms with Gasteiger partial charge in [-0.3, -0.25) is 0 Å². The van der Waals surface area contributed by atoms with Crippen molar-refractivity contribution in [2.45, 2.75) is 12.8 Å². The zero-order chi connectivity index (χ0) is 11.9. The van der Waals surface area contributed by atoms with Gasteiger partial charge in [0, 0.05) is 0 Å². The highest BCUT2D eigenvalue weighted by Crippen LogP contribution is 2.47. The minimum Gasteiger partial charge on any atom is -0.0836 e. The second-order valence-corrected chi connectivity index (χ2v) is 4.93. The van der Waals surface area contributed by atoms with Gasteiger partial charge in [-0.05, 0) is 46.3 Å². The summed E-state index contributed by atoms with van der Waals surface area (Å²) in [6.07, 6.45) is 17.8. The Morgan fingerprint density at radius 1 is 0.944 bits per heavy atom. The van der Waals surface area contributed by atoms with Gasteiger partial charge in [0.15, 0.2) is 0 Å². The van der Waals surface area contributed by atoms with Gasteiger partial charge in [-0.15, -0.1) is 0 Å². The summed E-state index contributed by atoms with van der Waals surface area (Å²) in [4.78, 5) is 0. The normalized spacial score (nSPS) is 19.2. The number of allylic oxidation sites excluding steroid dienone is 9. The van der Waals surface area contributed by atoms with Gasteiger partial charge in [-0.1, -0.05) is 60.7 Å². The fourth-order valence-corrected chi connectivity index (χ4v) is 3.14. The Labute approximate surface area is 107 Å². The van der Waals surface area contributed by atoms with E-state index in [1.807, 2.05) is 0 Å². The van der Waals surface area contributed by atoms with Crippen molar-refractivity contribution < 1.29 is 0 Å². The number of benzene rings is 1. The standard InChI is InChI=1S/C18H14/c1-2-7-13-8-6-12-17-15-10-5-4-9-14(15)16(11-3-1)18(13)17/h1-4,6-9,11-12H,5,10H2. The van der Waals surface area contributed by atoms with Crippen molar-refractivity contribution in [2.75, 3.05) is 0 Å². The number of fused-ring (bicyclic) bond motifs is 2. The average molecular weight is 230 g/mol. The zero-order valence-corrected chi connectivity index (χ0v) is 10.2. The van der Waals surface area contributed by atoms with Gasteiger partial charge >= 0.3 is 0 Å². The van der Waals surface area contributed by atoms with Gasteiger partial charge in [-0.2, -0.15) is 0 Å². The van der Waals surface area contributed by atoms with E-state index >= 15 is 0 Å². The van der Waals surface area contributed by atoms with Crippen molar-refractivity contribution >= 4 is 17.2 Å². The third kappa shape index (κ3) is 1.26. The van der Waals surface area contributed by atoms with Crippen molar-refractivity contribution in [1.29, 1.82) is 0 Å². The molecule has 0 aliphatic heterocycles. The smallest absolute Gasteiger partial charge is 0.00297 e. The second kappa shape index (κ2) is 3.71. The molecule has 0 radical (unpaired) electrons. The van der Waals surface area contributed by atoms with Gasteiger partial charge < -0.3 is 0 Å². The van der Waals surface area contributed by atoms with Gasteiger partial charge in [0.25, 0.3) is 0 Å². The lowest BCUT2D eigenvalue weighted by Crippen LogP contribution is -1.89. The fourth-order valence-electron chi connectivity index (χ4n) is 3.14. The van der Waals surface area contributed by atoms with Crippen molar-refractivity contribution in [3.05, 3.63) is 76.9 Å². The molecule has 0 nitrogen and oxygen atoms in total. The third-order valence-corrected chi connectivity index (χ3v) is 3.91. The molecule has 0 bridgehead atoms. The summed E-state index contributed by atoms with van der Waals surface area (Å²) in [6, 6.07) is 6.66. The summed E-state index contributed by atoms with van der Waals surface area (Å²) in [5.41, 5.74) is 8.57. The summed E-state index contributed by atoms with van der Waals surface area (Å²) in [7, 11) is 0. The average Bonchev–Trinajstić information content (AvgIpc) is 2.70. The number of rotatable bonds is 0. The molecule has 0 fully saturated rings. The van der Waals surface area contributed by atoms with E-state index in [1.54, 1.807) is 0 Å². The highest BCUT2D eigenvalue weighted by Gasteiger charge is 2.27. The highest BCUT2D eigenvalue weighted by atomic mass is 14.3. The molecule has 0 N–H and O–H groups in total. The van der Waals surface area contributed by atoms with E-state index in [0.717, 1.165) is 0 Å². The second-order valence-electron chi connectivity index (χ2n) is 4.93. The predicted octanol–water partition coefficient (Wildman–Crippen LogP) is 4.77. The van der Waals surface area contributed by atoms with Gasteiger partial charge in [-0.25, -0.2) is 0 Å².